The second-order valence-electron chi connectivity index (χ2n) is 5.98. The highest BCUT2D eigenvalue weighted by Gasteiger charge is 2.05. The molecule has 0 aliphatic carbocycles. The number of primary amides is 2. The normalized spacial score (nSPS) is 12.0. The van der Waals surface area contributed by atoms with E-state index >= 15 is 0 Å². The summed E-state index contributed by atoms with van der Waals surface area (Å²) >= 11 is 0. The van der Waals surface area contributed by atoms with Crippen molar-refractivity contribution in [1.82, 2.24) is 0 Å². The quantitative estimate of drug-likeness (QED) is 0.369. The van der Waals surface area contributed by atoms with Gasteiger partial charge in [0.2, 0.25) is 11.8 Å². The van der Waals surface area contributed by atoms with Gasteiger partial charge in [-0.1, -0.05) is 24.3 Å². The molecule has 0 fully saturated rings. The number of hydrogen-bond donors (Lipinski definition) is 3. The van der Waals surface area contributed by atoms with Crippen LogP contribution in [-0.4, -0.2) is 50.9 Å². The van der Waals surface area contributed by atoms with Gasteiger partial charge < -0.3 is 31.4 Å². The fourth-order valence-corrected chi connectivity index (χ4v) is 2.12. The van der Waals surface area contributed by atoms with Crippen molar-refractivity contribution in [3.05, 3.63) is 35.4 Å². The molecule has 0 heterocycles. The summed E-state index contributed by atoms with van der Waals surface area (Å²) < 4.78 is 16.0. The first-order valence-electron chi connectivity index (χ1n) is 8.60. The highest BCUT2D eigenvalue weighted by atomic mass is 16.5. The second-order valence-corrected chi connectivity index (χ2v) is 5.98. The third-order valence-corrected chi connectivity index (χ3v) is 3.54. The molecule has 8 heteroatoms. The van der Waals surface area contributed by atoms with Crippen molar-refractivity contribution in [1.29, 1.82) is 0 Å². The van der Waals surface area contributed by atoms with E-state index in [1.54, 1.807) is 0 Å². The average Bonchev–Trinajstić information content (AvgIpc) is 2.60. The number of benzene rings is 1. The van der Waals surface area contributed by atoms with Crippen molar-refractivity contribution in [3.63, 3.8) is 0 Å². The molecule has 1 aromatic rings. The Morgan fingerprint density at radius 2 is 1.54 bits per heavy atom. The van der Waals surface area contributed by atoms with Crippen LogP contribution in [0.2, 0.25) is 0 Å². The van der Waals surface area contributed by atoms with Crippen LogP contribution in [0.1, 0.15) is 24.0 Å². The van der Waals surface area contributed by atoms with Crippen molar-refractivity contribution in [2.75, 3.05) is 33.0 Å². The van der Waals surface area contributed by atoms with Crippen LogP contribution in [0.25, 0.3) is 0 Å². The molecule has 0 saturated carbocycles. The third kappa shape index (κ3) is 11.5. The topological polar surface area (TPSA) is 140 Å². The minimum absolute atomic E-state index is 0.0804. The standard InChI is InChI=1S/C18H29N3O5/c19-16(5-6-17(20)22)12-26-11-15-3-1-14(2-4-15)7-8-24-9-10-25-13-18(21)23/h1-4,16H,5-13,19H2,(H2,20,22)(H2,21,23). The highest BCUT2D eigenvalue weighted by Crippen LogP contribution is 2.07. The monoisotopic (exact) mass is 367 g/mol. The van der Waals surface area contributed by atoms with E-state index in [9.17, 15) is 9.59 Å². The van der Waals surface area contributed by atoms with Gasteiger partial charge in [0.05, 0.1) is 33.0 Å². The summed E-state index contributed by atoms with van der Waals surface area (Å²) in [5.41, 5.74) is 18.1. The van der Waals surface area contributed by atoms with Gasteiger partial charge in [-0.15, -0.1) is 0 Å². The lowest BCUT2D eigenvalue weighted by atomic mass is 10.1. The SMILES string of the molecule is NC(=O)CCC(N)COCc1ccc(CCOCCOCC(N)=O)cc1. The zero-order chi connectivity index (χ0) is 19.2. The molecule has 0 aliphatic rings. The fraction of sp³-hybridized carbons (Fsp3) is 0.556. The van der Waals surface area contributed by atoms with Gasteiger partial charge in [-0.25, -0.2) is 0 Å². The van der Waals surface area contributed by atoms with Gasteiger partial charge >= 0.3 is 0 Å². The molecule has 6 N–H and O–H groups in total. The van der Waals surface area contributed by atoms with Crippen molar-refractivity contribution < 1.29 is 23.8 Å². The van der Waals surface area contributed by atoms with Crippen molar-refractivity contribution >= 4 is 11.8 Å². The maximum Gasteiger partial charge on any atom is 0.243 e. The van der Waals surface area contributed by atoms with Crippen LogP contribution < -0.4 is 17.2 Å². The first kappa shape index (κ1) is 22.0. The zero-order valence-electron chi connectivity index (χ0n) is 15.0. The molecule has 1 rings (SSSR count). The molecular formula is C18H29N3O5. The van der Waals surface area contributed by atoms with E-state index in [1.807, 2.05) is 24.3 Å². The summed E-state index contributed by atoms with van der Waals surface area (Å²) in [7, 11) is 0. The van der Waals surface area contributed by atoms with Crippen molar-refractivity contribution in [3.8, 4) is 0 Å². The van der Waals surface area contributed by atoms with Crippen LogP contribution in [0, 0.1) is 0 Å². The largest absolute Gasteiger partial charge is 0.379 e. The summed E-state index contributed by atoms with van der Waals surface area (Å²) in [6, 6.07) is 7.86. The lowest BCUT2D eigenvalue weighted by Crippen LogP contribution is -2.28. The molecule has 0 spiro atoms. The Morgan fingerprint density at radius 3 is 2.19 bits per heavy atom. The number of ether oxygens (including phenoxy) is 3. The number of hydrogen-bond acceptors (Lipinski definition) is 6. The fourth-order valence-electron chi connectivity index (χ4n) is 2.12. The minimum atomic E-state index is -0.485. The highest BCUT2D eigenvalue weighted by molar-refractivity contribution is 5.75. The van der Waals surface area contributed by atoms with E-state index < -0.39 is 5.91 Å². The van der Waals surface area contributed by atoms with Crippen LogP contribution in [0.3, 0.4) is 0 Å². The van der Waals surface area contributed by atoms with Gasteiger partial charge in [0.15, 0.2) is 0 Å². The smallest absolute Gasteiger partial charge is 0.243 e. The Morgan fingerprint density at radius 1 is 0.885 bits per heavy atom. The third-order valence-electron chi connectivity index (χ3n) is 3.54. The van der Waals surface area contributed by atoms with Crippen LogP contribution in [-0.2, 0) is 36.8 Å². The maximum absolute atomic E-state index is 10.7. The van der Waals surface area contributed by atoms with Crippen LogP contribution in [0.4, 0.5) is 0 Å². The molecule has 0 aromatic heterocycles. The number of rotatable bonds is 15. The summed E-state index contributed by atoms with van der Waals surface area (Å²) in [5.74, 6) is -0.833. The molecule has 0 bridgehead atoms. The Bertz CT molecular complexity index is 536. The predicted octanol–water partition coefficient (Wildman–Crippen LogP) is -0.143. The molecule has 1 aromatic carbocycles. The number of nitrogens with two attached hydrogens (primary N) is 3. The molecule has 2 amide bonds. The number of carbonyl (C=O) groups excluding carboxylic acids is 2. The van der Waals surface area contributed by atoms with Crippen LogP contribution in [0.5, 0.6) is 0 Å². The van der Waals surface area contributed by atoms with Crippen LogP contribution >= 0.6 is 0 Å². The first-order chi connectivity index (χ1) is 12.5. The van der Waals surface area contributed by atoms with E-state index in [0.29, 0.717) is 39.5 Å². The Hall–Kier alpha value is -2.00. The second kappa shape index (κ2) is 13.2. The minimum Gasteiger partial charge on any atom is -0.379 e. The van der Waals surface area contributed by atoms with E-state index in [0.717, 1.165) is 17.5 Å². The predicted molar refractivity (Wildman–Crippen MR) is 97.0 cm³/mol. The van der Waals surface area contributed by atoms with Gasteiger partial charge in [0, 0.05) is 12.5 Å². The average molecular weight is 367 g/mol. The summed E-state index contributed by atoms with van der Waals surface area (Å²) in [6.07, 6.45) is 1.59. The Labute approximate surface area is 153 Å². The van der Waals surface area contributed by atoms with E-state index in [4.69, 9.17) is 31.4 Å². The van der Waals surface area contributed by atoms with E-state index in [1.165, 1.54) is 0 Å². The molecular weight excluding hydrogens is 338 g/mol. The molecule has 146 valence electrons. The molecule has 8 nitrogen and oxygen atoms in total. The van der Waals surface area contributed by atoms with E-state index in [-0.39, 0.29) is 25.0 Å². The van der Waals surface area contributed by atoms with E-state index in [2.05, 4.69) is 0 Å². The molecule has 0 saturated heterocycles. The molecule has 0 aliphatic heterocycles. The van der Waals surface area contributed by atoms with Crippen molar-refractivity contribution in [2.24, 2.45) is 17.2 Å². The van der Waals surface area contributed by atoms with Gasteiger partial charge in [-0.3, -0.25) is 9.59 Å². The number of amides is 2. The summed E-state index contributed by atoms with van der Waals surface area (Å²) in [5, 5.41) is 0. The Balaban J connectivity index is 2.11. The first-order valence-corrected chi connectivity index (χ1v) is 8.60. The Kier molecular flexibility index (Phi) is 11.2. The van der Waals surface area contributed by atoms with Crippen molar-refractivity contribution in [2.45, 2.75) is 31.9 Å². The maximum atomic E-state index is 10.7. The van der Waals surface area contributed by atoms with Gasteiger partial charge in [0.25, 0.3) is 0 Å². The molecule has 1 atom stereocenters. The van der Waals surface area contributed by atoms with Gasteiger partial charge in [0.1, 0.15) is 6.61 Å². The zero-order valence-corrected chi connectivity index (χ0v) is 15.0. The summed E-state index contributed by atoms with van der Waals surface area (Å²) in [4.78, 5) is 21.2. The molecule has 0 radical (unpaired) electrons. The lowest BCUT2D eigenvalue weighted by molar-refractivity contribution is -0.123. The lowest BCUT2D eigenvalue weighted by Gasteiger charge is -2.11. The number of carbonyl (C=O) groups is 2. The van der Waals surface area contributed by atoms with Crippen LogP contribution in [0.15, 0.2) is 24.3 Å². The molecule has 1 unspecified atom stereocenters. The van der Waals surface area contributed by atoms with Gasteiger partial charge in [-0.2, -0.15) is 0 Å². The molecule has 26 heavy (non-hydrogen) atoms. The van der Waals surface area contributed by atoms with Gasteiger partial charge in [-0.05, 0) is 24.0 Å². The summed E-state index contributed by atoms with van der Waals surface area (Å²) in [6.45, 7) is 2.13.